The van der Waals surface area contributed by atoms with Gasteiger partial charge in [-0.25, -0.2) is 4.79 Å². The highest BCUT2D eigenvalue weighted by atomic mass is 16.5. The lowest BCUT2D eigenvalue weighted by molar-refractivity contribution is -0.0876. The summed E-state index contributed by atoms with van der Waals surface area (Å²) in [7, 11) is 2.94. The first-order valence-electron chi connectivity index (χ1n) is 9.14. The van der Waals surface area contributed by atoms with Crippen molar-refractivity contribution in [1.82, 2.24) is 14.0 Å². The predicted octanol–water partition coefficient (Wildman–Crippen LogP) is 0.894. The molecule has 1 aliphatic carbocycles. The van der Waals surface area contributed by atoms with Crippen LogP contribution in [0.5, 0.6) is 0 Å². The minimum absolute atomic E-state index is 0.0341. The Morgan fingerprint density at radius 1 is 1.20 bits per heavy atom. The molecular weight excluding hydrogens is 322 g/mol. The number of carbonyl (C=O) groups is 1. The molecule has 0 unspecified atom stereocenters. The highest BCUT2D eigenvalue weighted by molar-refractivity contribution is 5.92. The van der Waals surface area contributed by atoms with E-state index >= 15 is 0 Å². The number of ether oxygens (including phenoxy) is 1. The van der Waals surface area contributed by atoms with E-state index in [0.717, 1.165) is 36.7 Å². The normalized spacial score (nSPS) is 23.7. The molecule has 0 spiro atoms. The van der Waals surface area contributed by atoms with Crippen molar-refractivity contribution in [2.24, 2.45) is 20.0 Å². The molecular formula is C18H27N3O4. The minimum atomic E-state index is -0.481. The molecule has 1 aliphatic heterocycles. The summed E-state index contributed by atoms with van der Waals surface area (Å²) in [6, 6.07) is 1.26. The third-order valence-corrected chi connectivity index (χ3v) is 5.25. The van der Waals surface area contributed by atoms with E-state index < -0.39 is 11.2 Å². The molecule has 0 aromatic carbocycles. The van der Waals surface area contributed by atoms with Crippen molar-refractivity contribution in [3.05, 3.63) is 32.6 Å². The highest BCUT2D eigenvalue weighted by Gasteiger charge is 2.40. The summed E-state index contributed by atoms with van der Waals surface area (Å²) in [4.78, 5) is 38.8. The summed E-state index contributed by atoms with van der Waals surface area (Å²) in [5.74, 6) is 0.278. The van der Waals surface area contributed by atoms with Crippen molar-refractivity contribution in [2.75, 3.05) is 13.1 Å². The van der Waals surface area contributed by atoms with Crippen LogP contribution in [0.3, 0.4) is 0 Å². The first-order chi connectivity index (χ1) is 11.9. The van der Waals surface area contributed by atoms with E-state index in [1.54, 1.807) is 4.90 Å². The van der Waals surface area contributed by atoms with Crippen LogP contribution in [0.25, 0.3) is 0 Å². The van der Waals surface area contributed by atoms with Gasteiger partial charge in [0.2, 0.25) is 0 Å². The molecule has 7 nitrogen and oxygen atoms in total. The van der Waals surface area contributed by atoms with Crippen molar-refractivity contribution < 1.29 is 9.53 Å². The number of amides is 1. The fourth-order valence-electron chi connectivity index (χ4n) is 3.46. The Labute approximate surface area is 147 Å². The second-order valence-electron chi connectivity index (χ2n) is 7.25. The number of nitrogens with zero attached hydrogens (tertiary/aromatic N) is 3. The van der Waals surface area contributed by atoms with Crippen LogP contribution in [0.4, 0.5) is 0 Å². The molecule has 1 saturated carbocycles. The van der Waals surface area contributed by atoms with Gasteiger partial charge < -0.3 is 9.64 Å². The molecule has 2 aliphatic rings. The van der Waals surface area contributed by atoms with Crippen molar-refractivity contribution in [1.29, 1.82) is 0 Å². The van der Waals surface area contributed by atoms with E-state index in [4.69, 9.17) is 4.74 Å². The second-order valence-corrected chi connectivity index (χ2v) is 7.25. The Morgan fingerprint density at radius 2 is 1.92 bits per heavy atom. The van der Waals surface area contributed by atoms with Crippen molar-refractivity contribution in [3.8, 4) is 0 Å². The van der Waals surface area contributed by atoms with Crippen LogP contribution < -0.4 is 11.2 Å². The minimum Gasteiger partial charge on any atom is -0.371 e. The van der Waals surface area contributed by atoms with Gasteiger partial charge in [0, 0.05) is 33.3 Å². The zero-order chi connectivity index (χ0) is 18.1. The summed E-state index contributed by atoms with van der Waals surface area (Å²) in [6.07, 6.45) is 5.49. The second kappa shape index (κ2) is 7.15. The number of hydrogen-bond acceptors (Lipinski definition) is 4. The van der Waals surface area contributed by atoms with Crippen LogP contribution in [0.15, 0.2) is 15.7 Å². The van der Waals surface area contributed by atoms with Crippen LogP contribution in [0, 0.1) is 5.92 Å². The molecule has 25 heavy (non-hydrogen) atoms. The van der Waals surface area contributed by atoms with E-state index in [1.165, 1.54) is 24.7 Å². The van der Waals surface area contributed by atoms with Gasteiger partial charge in [0.25, 0.3) is 11.5 Å². The Bertz CT molecular complexity index is 763. The van der Waals surface area contributed by atoms with Gasteiger partial charge in [-0.05, 0) is 25.2 Å². The van der Waals surface area contributed by atoms with Crippen LogP contribution >= 0.6 is 0 Å². The van der Waals surface area contributed by atoms with Gasteiger partial charge in [-0.2, -0.15) is 0 Å². The van der Waals surface area contributed by atoms with Gasteiger partial charge in [0.15, 0.2) is 0 Å². The smallest absolute Gasteiger partial charge is 0.331 e. The molecule has 0 radical (unpaired) electrons. The van der Waals surface area contributed by atoms with E-state index in [9.17, 15) is 14.4 Å². The average molecular weight is 349 g/mol. The molecule has 3 rings (SSSR count). The first kappa shape index (κ1) is 17.9. The summed E-state index contributed by atoms with van der Waals surface area (Å²) in [5.41, 5.74) is -0.787. The quantitative estimate of drug-likeness (QED) is 0.791. The van der Waals surface area contributed by atoms with E-state index in [1.807, 2.05) is 0 Å². The molecule has 138 valence electrons. The SMILES string of the molecule is CCCC[C@@H]1CN(C(=O)c2cc(=O)n(C)c(=O)n2C)C[C@H](C2CC2)O1. The number of aromatic nitrogens is 2. The van der Waals surface area contributed by atoms with E-state index in [-0.39, 0.29) is 23.8 Å². The molecule has 2 fully saturated rings. The van der Waals surface area contributed by atoms with Crippen LogP contribution in [0.1, 0.15) is 49.5 Å². The third-order valence-electron chi connectivity index (χ3n) is 5.25. The van der Waals surface area contributed by atoms with Gasteiger partial charge in [-0.3, -0.25) is 18.7 Å². The molecule has 2 atom stereocenters. The molecule has 0 bridgehead atoms. The zero-order valence-electron chi connectivity index (χ0n) is 15.2. The lowest BCUT2D eigenvalue weighted by Gasteiger charge is -2.38. The van der Waals surface area contributed by atoms with Crippen molar-refractivity contribution in [3.63, 3.8) is 0 Å². The fraction of sp³-hybridized carbons (Fsp3) is 0.722. The lowest BCUT2D eigenvalue weighted by atomic mass is 10.1. The summed E-state index contributed by atoms with van der Waals surface area (Å²) in [5, 5.41) is 0. The molecule has 2 heterocycles. The average Bonchev–Trinajstić information content (AvgIpc) is 3.45. The molecule has 1 amide bonds. The number of unbranched alkanes of at least 4 members (excludes halogenated alkanes) is 1. The Balaban J connectivity index is 1.85. The Kier molecular flexibility index (Phi) is 5.13. The monoisotopic (exact) mass is 349 g/mol. The van der Waals surface area contributed by atoms with Crippen LogP contribution in [-0.4, -0.2) is 45.2 Å². The summed E-state index contributed by atoms with van der Waals surface area (Å²) in [6.45, 7) is 3.20. The zero-order valence-corrected chi connectivity index (χ0v) is 15.2. The summed E-state index contributed by atoms with van der Waals surface area (Å²) < 4.78 is 8.46. The maximum atomic E-state index is 13.0. The van der Waals surface area contributed by atoms with Gasteiger partial charge in [-0.15, -0.1) is 0 Å². The topological polar surface area (TPSA) is 73.5 Å². The van der Waals surface area contributed by atoms with Crippen LogP contribution in [-0.2, 0) is 18.8 Å². The van der Waals surface area contributed by atoms with Gasteiger partial charge >= 0.3 is 5.69 Å². The van der Waals surface area contributed by atoms with E-state index in [2.05, 4.69) is 6.92 Å². The molecule has 1 aromatic heterocycles. The van der Waals surface area contributed by atoms with Crippen LogP contribution in [0.2, 0.25) is 0 Å². The van der Waals surface area contributed by atoms with E-state index in [0.29, 0.717) is 19.0 Å². The predicted molar refractivity (Wildman–Crippen MR) is 93.7 cm³/mol. The molecule has 7 heteroatoms. The maximum Gasteiger partial charge on any atom is 0.331 e. The first-order valence-corrected chi connectivity index (χ1v) is 9.14. The largest absolute Gasteiger partial charge is 0.371 e. The van der Waals surface area contributed by atoms with Gasteiger partial charge in [-0.1, -0.05) is 19.8 Å². The number of hydrogen-bond donors (Lipinski definition) is 0. The third kappa shape index (κ3) is 3.71. The molecule has 1 saturated heterocycles. The molecule has 0 N–H and O–H groups in total. The number of carbonyl (C=O) groups excluding carboxylic acids is 1. The standard InChI is InChI=1S/C18H27N3O4/c1-4-5-6-13-10-21(11-15(25-13)12-7-8-12)17(23)14-9-16(22)20(3)18(24)19(14)2/h9,12-13,15H,4-8,10-11H2,1-3H3/t13-,15-/m1/s1. The summed E-state index contributed by atoms with van der Waals surface area (Å²) >= 11 is 0. The number of rotatable bonds is 5. The Hall–Kier alpha value is -1.89. The van der Waals surface area contributed by atoms with Crippen molar-refractivity contribution >= 4 is 5.91 Å². The maximum absolute atomic E-state index is 13.0. The van der Waals surface area contributed by atoms with Gasteiger partial charge in [0.1, 0.15) is 5.69 Å². The van der Waals surface area contributed by atoms with Crippen molar-refractivity contribution in [2.45, 2.75) is 51.2 Å². The van der Waals surface area contributed by atoms with Gasteiger partial charge in [0.05, 0.1) is 12.2 Å². The number of morpholine rings is 1. The molecule has 1 aromatic rings. The Morgan fingerprint density at radius 3 is 2.56 bits per heavy atom. The highest BCUT2D eigenvalue weighted by Crippen LogP contribution is 2.37. The lowest BCUT2D eigenvalue weighted by Crippen LogP contribution is -2.52. The fourth-order valence-corrected chi connectivity index (χ4v) is 3.46.